The first-order chi connectivity index (χ1) is 14.7. The van der Waals surface area contributed by atoms with Crippen molar-refractivity contribution < 1.29 is 9.47 Å². The van der Waals surface area contributed by atoms with Crippen LogP contribution in [0.2, 0.25) is 5.02 Å². The molecular weight excluding hydrogens is 453 g/mol. The Balaban J connectivity index is 0.00000341. The Morgan fingerprint density at radius 1 is 0.968 bits per heavy atom. The van der Waals surface area contributed by atoms with Gasteiger partial charge in [0.25, 0.3) is 0 Å². The van der Waals surface area contributed by atoms with E-state index in [2.05, 4.69) is 29.6 Å². The summed E-state index contributed by atoms with van der Waals surface area (Å²) in [6.45, 7) is 1.06. The monoisotopic (exact) mass is 479 g/mol. The summed E-state index contributed by atoms with van der Waals surface area (Å²) in [4.78, 5) is 0. The van der Waals surface area contributed by atoms with E-state index in [0.717, 1.165) is 24.0 Å². The van der Waals surface area contributed by atoms with Crippen LogP contribution in [0.5, 0.6) is 11.5 Å². The summed E-state index contributed by atoms with van der Waals surface area (Å²) in [6, 6.07) is 24.4. The largest absolute Gasteiger partial charge is 0.493 e. The first-order valence-electron chi connectivity index (χ1n) is 10.1. The van der Waals surface area contributed by atoms with Crippen molar-refractivity contribution in [2.75, 3.05) is 13.0 Å². The number of benzene rings is 3. The fourth-order valence-corrected chi connectivity index (χ4v) is 3.77. The molecule has 3 nitrogen and oxygen atoms in total. The maximum atomic E-state index is 6.35. The maximum absolute atomic E-state index is 6.35. The van der Waals surface area contributed by atoms with Crippen molar-refractivity contribution in [2.24, 2.45) is 0 Å². The topological polar surface area (TPSA) is 30.5 Å². The first kappa shape index (κ1) is 25.4. The quantitative estimate of drug-likeness (QED) is 0.294. The second kappa shape index (κ2) is 13.5. The van der Waals surface area contributed by atoms with E-state index in [1.165, 1.54) is 5.56 Å². The molecule has 0 aliphatic carbocycles. The van der Waals surface area contributed by atoms with Gasteiger partial charge in [-0.3, -0.25) is 0 Å². The third-order valence-corrected chi connectivity index (χ3v) is 5.40. The number of ether oxygens (including phenoxy) is 2. The highest BCUT2D eigenvalue weighted by molar-refractivity contribution is 6.30. The molecule has 0 bridgehead atoms. The molecule has 1 N–H and O–H groups in total. The van der Waals surface area contributed by atoms with Gasteiger partial charge in [-0.05, 0) is 30.0 Å². The van der Waals surface area contributed by atoms with Crippen LogP contribution in [-0.4, -0.2) is 13.0 Å². The van der Waals surface area contributed by atoms with E-state index >= 15 is 0 Å². The molecule has 0 aliphatic rings. The molecule has 1 unspecified atom stereocenters. The molecule has 1 atom stereocenters. The standard InChI is InChI=1S/C25H27Cl2NO2.ClH/c1-29-24-16-22(27)15-21(25(24)30-18-19-9-4-2-5-10-19)17-28-23(13-8-14-26)20-11-6-3-7-12-20;/h2-7,9-12,15-16,23,28H,8,13-14,17-18H2,1H3;1H. The second-order valence-corrected chi connectivity index (χ2v) is 7.86. The minimum atomic E-state index is 0. The van der Waals surface area contributed by atoms with Gasteiger partial charge in [0, 0.05) is 35.1 Å². The zero-order valence-corrected chi connectivity index (χ0v) is 19.9. The van der Waals surface area contributed by atoms with Crippen LogP contribution < -0.4 is 14.8 Å². The summed E-state index contributed by atoms with van der Waals surface area (Å²) < 4.78 is 11.7. The van der Waals surface area contributed by atoms with Crippen LogP contribution in [0.25, 0.3) is 0 Å². The summed E-state index contributed by atoms with van der Waals surface area (Å²) in [6.07, 6.45) is 1.88. The summed E-state index contributed by atoms with van der Waals surface area (Å²) in [7, 11) is 1.63. The minimum Gasteiger partial charge on any atom is -0.493 e. The summed E-state index contributed by atoms with van der Waals surface area (Å²) >= 11 is 12.3. The molecule has 166 valence electrons. The number of rotatable bonds is 11. The number of halogens is 3. The van der Waals surface area contributed by atoms with Crippen molar-refractivity contribution >= 4 is 35.6 Å². The fourth-order valence-electron chi connectivity index (χ4n) is 3.39. The Labute approximate surface area is 201 Å². The molecule has 0 aromatic heterocycles. The minimum absolute atomic E-state index is 0. The fraction of sp³-hybridized carbons (Fsp3) is 0.280. The molecule has 0 amide bonds. The molecule has 3 aromatic rings. The third-order valence-electron chi connectivity index (χ3n) is 4.91. The van der Waals surface area contributed by atoms with Crippen LogP contribution in [0.15, 0.2) is 72.8 Å². The van der Waals surface area contributed by atoms with Gasteiger partial charge in [-0.25, -0.2) is 0 Å². The Morgan fingerprint density at radius 3 is 2.29 bits per heavy atom. The Hall–Kier alpha value is -1.91. The van der Waals surface area contributed by atoms with Crippen molar-refractivity contribution in [2.45, 2.75) is 32.0 Å². The van der Waals surface area contributed by atoms with Gasteiger partial charge in [0.05, 0.1) is 7.11 Å². The van der Waals surface area contributed by atoms with E-state index < -0.39 is 0 Å². The molecule has 3 rings (SSSR count). The zero-order chi connectivity index (χ0) is 21.2. The van der Waals surface area contributed by atoms with E-state index in [1.54, 1.807) is 13.2 Å². The van der Waals surface area contributed by atoms with Crippen LogP contribution in [0.1, 0.15) is 35.6 Å². The van der Waals surface area contributed by atoms with Crippen LogP contribution >= 0.6 is 35.6 Å². The molecule has 3 aromatic carbocycles. The lowest BCUT2D eigenvalue weighted by molar-refractivity contribution is 0.280. The molecular formula is C25H28Cl3NO2. The summed E-state index contributed by atoms with van der Waals surface area (Å²) in [5, 5.41) is 4.27. The summed E-state index contributed by atoms with van der Waals surface area (Å²) in [5.41, 5.74) is 3.29. The highest BCUT2D eigenvalue weighted by Gasteiger charge is 2.16. The molecule has 0 aliphatic heterocycles. The van der Waals surface area contributed by atoms with Crippen LogP contribution in [0, 0.1) is 0 Å². The van der Waals surface area contributed by atoms with E-state index in [4.69, 9.17) is 32.7 Å². The lowest BCUT2D eigenvalue weighted by Gasteiger charge is -2.21. The number of methoxy groups -OCH3 is 1. The van der Waals surface area contributed by atoms with Crippen molar-refractivity contribution in [3.8, 4) is 11.5 Å². The first-order valence-corrected chi connectivity index (χ1v) is 11.0. The molecule has 31 heavy (non-hydrogen) atoms. The van der Waals surface area contributed by atoms with Crippen LogP contribution in [0.4, 0.5) is 0 Å². The smallest absolute Gasteiger partial charge is 0.166 e. The SMILES string of the molecule is COc1cc(Cl)cc(CNC(CCCCl)c2ccccc2)c1OCc1ccccc1.Cl. The summed E-state index contributed by atoms with van der Waals surface area (Å²) in [5.74, 6) is 1.98. The number of nitrogens with one attached hydrogen (secondary N) is 1. The van der Waals surface area contributed by atoms with Crippen molar-refractivity contribution in [1.82, 2.24) is 5.32 Å². The predicted octanol–water partition coefficient (Wildman–Crippen LogP) is 7.20. The molecule has 0 fully saturated rings. The van der Waals surface area contributed by atoms with Gasteiger partial charge in [0.1, 0.15) is 6.61 Å². The molecule has 0 saturated heterocycles. The molecule has 0 radical (unpaired) electrons. The van der Waals surface area contributed by atoms with E-state index in [-0.39, 0.29) is 18.4 Å². The number of hydrogen-bond acceptors (Lipinski definition) is 3. The van der Waals surface area contributed by atoms with E-state index in [0.29, 0.717) is 35.6 Å². The van der Waals surface area contributed by atoms with Crippen molar-refractivity contribution in [3.05, 3.63) is 94.5 Å². The highest BCUT2D eigenvalue weighted by atomic mass is 35.5. The van der Waals surface area contributed by atoms with Gasteiger partial charge in [0.15, 0.2) is 11.5 Å². The van der Waals surface area contributed by atoms with Crippen molar-refractivity contribution in [1.29, 1.82) is 0 Å². The average molecular weight is 481 g/mol. The van der Waals surface area contributed by atoms with Gasteiger partial charge >= 0.3 is 0 Å². The Bertz CT molecular complexity index is 907. The van der Waals surface area contributed by atoms with Crippen LogP contribution in [0.3, 0.4) is 0 Å². The third kappa shape index (κ3) is 7.62. The molecule has 0 saturated carbocycles. The number of alkyl halides is 1. The van der Waals surface area contributed by atoms with Crippen LogP contribution in [-0.2, 0) is 13.2 Å². The number of hydrogen-bond donors (Lipinski definition) is 1. The Kier molecular flexibility index (Phi) is 11.0. The van der Waals surface area contributed by atoms with Gasteiger partial charge in [0.2, 0.25) is 0 Å². The highest BCUT2D eigenvalue weighted by Crippen LogP contribution is 2.36. The maximum Gasteiger partial charge on any atom is 0.166 e. The van der Waals surface area contributed by atoms with Gasteiger partial charge in [-0.15, -0.1) is 24.0 Å². The lowest BCUT2D eigenvalue weighted by Crippen LogP contribution is -2.21. The molecule has 0 heterocycles. The normalized spacial score (nSPS) is 11.5. The molecule has 6 heteroatoms. The van der Waals surface area contributed by atoms with Gasteiger partial charge in [-0.1, -0.05) is 72.3 Å². The zero-order valence-electron chi connectivity index (χ0n) is 17.5. The van der Waals surface area contributed by atoms with E-state index in [1.807, 2.05) is 42.5 Å². The van der Waals surface area contributed by atoms with E-state index in [9.17, 15) is 0 Å². The van der Waals surface area contributed by atoms with Crippen molar-refractivity contribution in [3.63, 3.8) is 0 Å². The second-order valence-electron chi connectivity index (χ2n) is 7.05. The van der Waals surface area contributed by atoms with Gasteiger partial charge < -0.3 is 14.8 Å². The van der Waals surface area contributed by atoms with Gasteiger partial charge in [-0.2, -0.15) is 0 Å². The lowest BCUT2D eigenvalue weighted by atomic mass is 10.0. The molecule has 0 spiro atoms. The Morgan fingerprint density at radius 2 is 1.65 bits per heavy atom. The predicted molar refractivity (Wildman–Crippen MR) is 132 cm³/mol. The average Bonchev–Trinajstić information content (AvgIpc) is 2.79.